The summed E-state index contributed by atoms with van der Waals surface area (Å²) >= 11 is 0. The van der Waals surface area contributed by atoms with Crippen molar-refractivity contribution in [2.24, 2.45) is 0 Å². The van der Waals surface area contributed by atoms with Gasteiger partial charge in [0.1, 0.15) is 5.82 Å². The highest BCUT2D eigenvalue weighted by Crippen LogP contribution is 2.29. The smallest absolute Gasteiger partial charge is 0.227 e. The molecule has 2 saturated heterocycles. The molecule has 3 aliphatic rings. The predicted molar refractivity (Wildman–Crippen MR) is 97.2 cm³/mol. The molecule has 4 rings (SSSR count). The highest BCUT2D eigenvalue weighted by molar-refractivity contribution is 5.53. The number of nitrogens with zero attached hydrogens (tertiary/aromatic N) is 4. The molecule has 0 aliphatic carbocycles. The van der Waals surface area contributed by atoms with E-state index in [1.54, 1.807) is 0 Å². The number of morpholine rings is 1. The Hall–Kier alpha value is -1.44. The first kappa shape index (κ1) is 17.0. The lowest BCUT2D eigenvalue weighted by Crippen LogP contribution is -2.41. The second kappa shape index (κ2) is 7.43. The Kier molecular flexibility index (Phi) is 5.05. The maximum absolute atomic E-state index is 5.58. The molecule has 0 radical (unpaired) electrons. The molecule has 0 aromatic carbocycles. The van der Waals surface area contributed by atoms with Crippen molar-refractivity contribution in [1.29, 1.82) is 0 Å². The summed E-state index contributed by atoms with van der Waals surface area (Å²) in [7, 11) is 0. The Labute approximate surface area is 149 Å². The molecule has 3 aliphatic heterocycles. The molecule has 1 aromatic rings. The fourth-order valence-electron chi connectivity index (χ4n) is 3.84. The van der Waals surface area contributed by atoms with E-state index in [1.165, 1.54) is 11.3 Å². The number of nitrogens with one attached hydrogen (secondary N) is 1. The van der Waals surface area contributed by atoms with Gasteiger partial charge in [-0.3, -0.25) is 4.90 Å². The van der Waals surface area contributed by atoms with E-state index in [0.717, 1.165) is 77.2 Å². The number of ether oxygens (including phenoxy) is 2. The number of anilines is 2. The first-order valence-corrected chi connectivity index (χ1v) is 9.51. The fourth-order valence-corrected chi connectivity index (χ4v) is 3.84. The van der Waals surface area contributed by atoms with Gasteiger partial charge >= 0.3 is 0 Å². The van der Waals surface area contributed by atoms with E-state index in [2.05, 4.69) is 29.0 Å². The molecule has 7 nitrogen and oxygen atoms in total. The van der Waals surface area contributed by atoms with E-state index in [0.29, 0.717) is 12.1 Å². The minimum Gasteiger partial charge on any atom is -0.380 e. The molecule has 7 heteroatoms. The Balaban J connectivity index is 1.61. The van der Waals surface area contributed by atoms with E-state index in [9.17, 15) is 0 Å². The number of hydrogen-bond acceptors (Lipinski definition) is 7. The van der Waals surface area contributed by atoms with Gasteiger partial charge in [0, 0.05) is 56.9 Å². The zero-order chi connectivity index (χ0) is 17.2. The number of rotatable bonds is 4. The second-order valence-corrected chi connectivity index (χ2v) is 7.43. The van der Waals surface area contributed by atoms with Gasteiger partial charge in [-0.1, -0.05) is 0 Å². The number of fused-ring (bicyclic) bond motifs is 1. The van der Waals surface area contributed by atoms with Gasteiger partial charge in [-0.25, -0.2) is 4.98 Å². The Morgan fingerprint density at radius 2 is 1.92 bits per heavy atom. The van der Waals surface area contributed by atoms with Crippen LogP contribution in [0.15, 0.2) is 0 Å². The van der Waals surface area contributed by atoms with Crippen molar-refractivity contribution >= 4 is 11.8 Å². The maximum Gasteiger partial charge on any atom is 0.227 e. The lowest BCUT2D eigenvalue weighted by Gasteiger charge is -2.34. The van der Waals surface area contributed by atoms with Crippen molar-refractivity contribution in [2.45, 2.75) is 45.3 Å². The third-order valence-electron chi connectivity index (χ3n) is 5.22. The third kappa shape index (κ3) is 3.73. The van der Waals surface area contributed by atoms with Crippen molar-refractivity contribution in [3.8, 4) is 0 Å². The lowest BCUT2D eigenvalue weighted by molar-refractivity contribution is 0.122. The minimum atomic E-state index is 0.349. The van der Waals surface area contributed by atoms with Crippen LogP contribution in [0.2, 0.25) is 0 Å². The quantitative estimate of drug-likeness (QED) is 0.880. The molecule has 138 valence electrons. The topological polar surface area (TPSA) is 62.8 Å². The van der Waals surface area contributed by atoms with Gasteiger partial charge in [0.05, 0.1) is 25.5 Å². The zero-order valence-corrected chi connectivity index (χ0v) is 15.3. The van der Waals surface area contributed by atoms with Crippen LogP contribution in [0.3, 0.4) is 0 Å². The summed E-state index contributed by atoms with van der Waals surface area (Å²) in [5.41, 5.74) is 2.47. The molecule has 0 amide bonds. The molecule has 0 saturated carbocycles. The highest BCUT2D eigenvalue weighted by atomic mass is 16.5. The van der Waals surface area contributed by atoms with E-state index in [-0.39, 0.29) is 0 Å². The Bertz CT molecular complexity index is 597. The molecule has 4 heterocycles. The van der Waals surface area contributed by atoms with E-state index in [1.807, 2.05) is 0 Å². The first-order valence-electron chi connectivity index (χ1n) is 9.51. The van der Waals surface area contributed by atoms with Crippen LogP contribution in [-0.4, -0.2) is 73.0 Å². The average Bonchev–Trinajstić information content (AvgIpc) is 3.16. The zero-order valence-electron chi connectivity index (χ0n) is 15.3. The van der Waals surface area contributed by atoms with Crippen LogP contribution in [0.25, 0.3) is 0 Å². The van der Waals surface area contributed by atoms with Crippen molar-refractivity contribution in [2.75, 3.05) is 56.3 Å². The fraction of sp³-hybridized carbons (Fsp3) is 0.778. The van der Waals surface area contributed by atoms with Crippen molar-refractivity contribution in [3.05, 3.63) is 11.3 Å². The van der Waals surface area contributed by atoms with E-state index in [4.69, 9.17) is 19.4 Å². The van der Waals surface area contributed by atoms with E-state index < -0.39 is 0 Å². The molecule has 0 spiro atoms. The molecular weight excluding hydrogens is 318 g/mol. The Morgan fingerprint density at radius 1 is 1.08 bits per heavy atom. The minimum absolute atomic E-state index is 0.349. The maximum atomic E-state index is 5.58. The molecule has 1 aromatic heterocycles. The summed E-state index contributed by atoms with van der Waals surface area (Å²) in [5, 5.41) is 3.56. The first-order chi connectivity index (χ1) is 12.2. The van der Waals surface area contributed by atoms with Gasteiger partial charge < -0.3 is 19.7 Å². The molecule has 25 heavy (non-hydrogen) atoms. The summed E-state index contributed by atoms with van der Waals surface area (Å²) < 4.78 is 11.1. The van der Waals surface area contributed by atoms with Gasteiger partial charge in [0.15, 0.2) is 0 Å². The average molecular weight is 347 g/mol. The summed E-state index contributed by atoms with van der Waals surface area (Å²) in [6.45, 7) is 11.3. The van der Waals surface area contributed by atoms with Gasteiger partial charge in [0.25, 0.3) is 0 Å². The summed E-state index contributed by atoms with van der Waals surface area (Å²) in [4.78, 5) is 14.6. The van der Waals surface area contributed by atoms with Crippen molar-refractivity contribution in [3.63, 3.8) is 0 Å². The van der Waals surface area contributed by atoms with Crippen molar-refractivity contribution < 1.29 is 9.47 Å². The number of aromatic nitrogens is 2. The monoisotopic (exact) mass is 347 g/mol. The van der Waals surface area contributed by atoms with Crippen LogP contribution in [0.5, 0.6) is 0 Å². The summed E-state index contributed by atoms with van der Waals surface area (Å²) in [5.74, 6) is 1.85. The van der Waals surface area contributed by atoms with Crippen LogP contribution in [0.4, 0.5) is 11.8 Å². The molecule has 1 unspecified atom stereocenters. The molecule has 1 N–H and O–H groups in total. The van der Waals surface area contributed by atoms with Crippen LogP contribution < -0.4 is 10.2 Å². The van der Waals surface area contributed by atoms with Gasteiger partial charge in [-0.05, 0) is 20.3 Å². The standard InChI is InChI=1S/C18H29N5O2/c1-13(2)19-17-15-11-23(14-4-8-25-12-14)5-3-16(15)20-18(21-17)22-6-9-24-10-7-22/h13-14H,3-12H2,1-2H3,(H,19,20,21). The molecule has 0 bridgehead atoms. The van der Waals surface area contributed by atoms with Crippen molar-refractivity contribution in [1.82, 2.24) is 14.9 Å². The van der Waals surface area contributed by atoms with Crippen LogP contribution in [0.1, 0.15) is 31.5 Å². The predicted octanol–water partition coefficient (Wildman–Crippen LogP) is 1.28. The van der Waals surface area contributed by atoms with Crippen LogP contribution in [-0.2, 0) is 22.4 Å². The van der Waals surface area contributed by atoms with Gasteiger partial charge in [-0.15, -0.1) is 0 Å². The Morgan fingerprint density at radius 3 is 2.64 bits per heavy atom. The normalized spacial score (nSPS) is 24.6. The van der Waals surface area contributed by atoms with Crippen LogP contribution >= 0.6 is 0 Å². The largest absolute Gasteiger partial charge is 0.380 e. The lowest BCUT2D eigenvalue weighted by atomic mass is 10.0. The summed E-state index contributed by atoms with van der Waals surface area (Å²) in [6, 6.07) is 0.890. The third-order valence-corrected chi connectivity index (χ3v) is 5.22. The van der Waals surface area contributed by atoms with E-state index >= 15 is 0 Å². The van der Waals surface area contributed by atoms with Crippen LogP contribution in [0, 0.1) is 0 Å². The SMILES string of the molecule is CC(C)Nc1nc(N2CCOCC2)nc2c1CN(C1CCOC1)CC2. The van der Waals surface area contributed by atoms with Gasteiger partial charge in [-0.2, -0.15) is 4.98 Å². The van der Waals surface area contributed by atoms with Gasteiger partial charge in [0.2, 0.25) is 5.95 Å². The highest BCUT2D eigenvalue weighted by Gasteiger charge is 2.30. The second-order valence-electron chi connectivity index (χ2n) is 7.43. The summed E-state index contributed by atoms with van der Waals surface area (Å²) in [6.07, 6.45) is 2.12. The molecular formula is C18H29N5O2. The number of hydrogen-bond donors (Lipinski definition) is 1. The molecule has 1 atom stereocenters. The molecule has 2 fully saturated rings.